The maximum atomic E-state index is 12.2. The lowest BCUT2D eigenvalue weighted by atomic mass is 9.98. The molecule has 1 unspecified atom stereocenters. The Balaban J connectivity index is 1.69. The van der Waals surface area contributed by atoms with Crippen molar-refractivity contribution in [1.29, 1.82) is 0 Å². The van der Waals surface area contributed by atoms with E-state index in [1.165, 1.54) is 0 Å². The highest BCUT2D eigenvalue weighted by Crippen LogP contribution is 2.28. The Morgan fingerprint density at radius 3 is 2.96 bits per heavy atom. The first-order chi connectivity index (χ1) is 11.3. The van der Waals surface area contributed by atoms with E-state index in [0.29, 0.717) is 35.5 Å². The minimum absolute atomic E-state index is 0.0363. The third-order valence-corrected chi connectivity index (χ3v) is 3.98. The zero-order valence-electron chi connectivity index (χ0n) is 14.0. The van der Waals surface area contributed by atoms with Crippen LogP contribution in [0.5, 0.6) is 0 Å². The summed E-state index contributed by atoms with van der Waals surface area (Å²) >= 11 is 5.89. The molecule has 1 amide bonds. The Labute approximate surface area is 145 Å². The summed E-state index contributed by atoms with van der Waals surface area (Å²) in [5, 5.41) is 4.65. The largest absolute Gasteiger partial charge is 0.444 e. The molecular formula is C16H21ClN4O3. The highest BCUT2D eigenvalue weighted by molar-refractivity contribution is 6.30. The summed E-state index contributed by atoms with van der Waals surface area (Å²) in [7, 11) is 0. The molecule has 0 aromatic carbocycles. The number of likely N-dealkylation sites (tertiary alicyclic amines) is 1. The van der Waals surface area contributed by atoms with Gasteiger partial charge in [-0.05, 0) is 39.7 Å². The average Bonchev–Trinajstić information content (AvgIpc) is 3.14. The molecule has 8 heteroatoms. The summed E-state index contributed by atoms with van der Waals surface area (Å²) in [6.45, 7) is 6.79. The Bertz CT molecular complexity index is 719. The zero-order chi connectivity index (χ0) is 17.3. The predicted octanol–water partition coefficient (Wildman–Crippen LogP) is 3.83. The monoisotopic (exact) mass is 352 g/mol. The fraction of sp³-hybridized carbons (Fsp3) is 0.562. The molecule has 130 valence electrons. The molecular weight excluding hydrogens is 332 g/mol. The summed E-state index contributed by atoms with van der Waals surface area (Å²) < 4.78 is 10.7. The van der Waals surface area contributed by atoms with Crippen molar-refractivity contribution < 1.29 is 14.1 Å². The van der Waals surface area contributed by atoms with Gasteiger partial charge in [0.05, 0.1) is 5.02 Å². The van der Waals surface area contributed by atoms with Crippen LogP contribution in [-0.4, -0.2) is 44.8 Å². The molecule has 1 atom stereocenters. The van der Waals surface area contributed by atoms with Crippen LogP contribution in [0.4, 0.5) is 4.79 Å². The number of aromatic nitrogens is 3. The van der Waals surface area contributed by atoms with Crippen LogP contribution in [0.25, 0.3) is 11.6 Å². The first-order valence-electron chi connectivity index (χ1n) is 7.97. The number of ether oxygens (including phenoxy) is 1. The standard InChI is InChI=1S/C16H21ClN4O3/c1-16(2,3)23-15(22)21-6-4-5-10(9-21)13-19-14(24-20-13)12-7-11(17)8-18-12/h7-8,10,18H,4-6,9H2,1-3H3. The van der Waals surface area contributed by atoms with Crippen molar-refractivity contribution in [2.45, 2.75) is 45.1 Å². The van der Waals surface area contributed by atoms with E-state index in [1.807, 2.05) is 20.8 Å². The Morgan fingerprint density at radius 1 is 1.50 bits per heavy atom. The van der Waals surface area contributed by atoms with Crippen LogP contribution in [0.1, 0.15) is 45.4 Å². The molecule has 0 radical (unpaired) electrons. The Morgan fingerprint density at radius 2 is 2.29 bits per heavy atom. The van der Waals surface area contributed by atoms with Crippen LogP contribution in [0.3, 0.4) is 0 Å². The molecule has 2 aromatic heterocycles. The quantitative estimate of drug-likeness (QED) is 0.887. The topological polar surface area (TPSA) is 84.2 Å². The summed E-state index contributed by atoms with van der Waals surface area (Å²) in [5.41, 5.74) is 0.175. The van der Waals surface area contributed by atoms with Crippen molar-refractivity contribution in [3.05, 3.63) is 23.1 Å². The molecule has 24 heavy (non-hydrogen) atoms. The third-order valence-electron chi connectivity index (χ3n) is 3.76. The molecule has 0 bridgehead atoms. The summed E-state index contributed by atoms with van der Waals surface area (Å²) in [6.07, 6.45) is 3.14. The molecule has 1 fully saturated rings. The second kappa shape index (κ2) is 6.47. The van der Waals surface area contributed by atoms with Gasteiger partial charge in [-0.25, -0.2) is 4.79 Å². The Hall–Kier alpha value is -2.02. The maximum absolute atomic E-state index is 12.2. The van der Waals surface area contributed by atoms with Gasteiger partial charge >= 0.3 is 6.09 Å². The molecule has 0 saturated carbocycles. The number of H-pyrrole nitrogens is 1. The first kappa shape index (κ1) is 16.8. The van der Waals surface area contributed by atoms with E-state index < -0.39 is 5.60 Å². The summed E-state index contributed by atoms with van der Waals surface area (Å²) in [5.74, 6) is 1.03. The lowest BCUT2D eigenvalue weighted by molar-refractivity contribution is 0.0195. The van der Waals surface area contributed by atoms with Gasteiger partial charge in [-0.15, -0.1) is 0 Å². The number of amides is 1. The van der Waals surface area contributed by atoms with Gasteiger partial charge in [-0.1, -0.05) is 16.8 Å². The van der Waals surface area contributed by atoms with Crippen molar-refractivity contribution in [1.82, 2.24) is 20.0 Å². The molecule has 1 aliphatic rings. The van der Waals surface area contributed by atoms with Gasteiger partial charge in [0.15, 0.2) is 5.82 Å². The first-order valence-corrected chi connectivity index (χ1v) is 8.35. The number of rotatable bonds is 2. The van der Waals surface area contributed by atoms with E-state index in [-0.39, 0.29) is 12.0 Å². The minimum atomic E-state index is -0.504. The molecule has 1 aliphatic heterocycles. The number of carbonyl (C=O) groups is 1. The van der Waals surface area contributed by atoms with E-state index in [0.717, 1.165) is 12.8 Å². The zero-order valence-corrected chi connectivity index (χ0v) is 14.8. The highest BCUT2D eigenvalue weighted by atomic mass is 35.5. The second-order valence-electron chi connectivity index (χ2n) is 6.95. The fourth-order valence-electron chi connectivity index (χ4n) is 2.68. The SMILES string of the molecule is CC(C)(C)OC(=O)N1CCCC(c2noc(-c3cc(Cl)c[nH]3)n2)C1. The van der Waals surface area contributed by atoms with E-state index >= 15 is 0 Å². The number of aromatic amines is 1. The van der Waals surface area contributed by atoms with Crippen LogP contribution in [0, 0.1) is 0 Å². The molecule has 0 spiro atoms. The van der Waals surface area contributed by atoms with Gasteiger partial charge in [0.25, 0.3) is 5.89 Å². The number of halogens is 1. The van der Waals surface area contributed by atoms with E-state index in [4.69, 9.17) is 20.9 Å². The lowest BCUT2D eigenvalue weighted by Crippen LogP contribution is -2.42. The van der Waals surface area contributed by atoms with E-state index in [1.54, 1.807) is 17.2 Å². The molecule has 3 rings (SSSR count). The molecule has 1 saturated heterocycles. The highest BCUT2D eigenvalue weighted by Gasteiger charge is 2.30. The molecule has 3 heterocycles. The second-order valence-corrected chi connectivity index (χ2v) is 7.39. The maximum Gasteiger partial charge on any atom is 0.410 e. The summed E-state index contributed by atoms with van der Waals surface area (Å²) in [4.78, 5) is 21.4. The number of nitrogens with one attached hydrogen (secondary N) is 1. The van der Waals surface area contributed by atoms with Gasteiger partial charge in [-0.2, -0.15) is 4.98 Å². The predicted molar refractivity (Wildman–Crippen MR) is 88.9 cm³/mol. The number of carbonyl (C=O) groups excluding carboxylic acids is 1. The van der Waals surface area contributed by atoms with Crippen LogP contribution < -0.4 is 0 Å². The minimum Gasteiger partial charge on any atom is -0.444 e. The average molecular weight is 353 g/mol. The number of hydrogen-bond donors (Lipinski definition) is 1. The van der Waals surface area contributed by atoms with Gasteiger partial charge in [0, 0.05) is 25.2 Å². The van der Waals surface area contributed by atoms with Crippen molar-refractivity contribution in [3.63, 3.8) is 0 Å². The van der Waals surface area contributed by atoms with Gasteiger partial charge in [0.1, 0.15) is 11.3 Å². The van der Waals surface area contributed by atoms with Gasteiger partial charge in [-0.3, -0.25) is 0 Å². The Kier molecular flexibility index (Phi) is 4.54. The van der Waals surface area contributed by atoms with Crippen molar-refractivity contribution in [2.24, 2.45) is 0 Å². The lowest BCUT2D eigenvalue weighted by Gasteiger charge is -2.32. The normalized spacial score (nSPS) is 18.7. The molecule has 7 nitrogen and oxygen atoms in total. The van der Waals surface area contributed by atoms with Crippen LogP contribution in [0.2, 0.25) is 5.02 Å². The van der Waals surface area contributed by atoms with E-state index in [9.17, 15) is 4.79 Å². The van der Waals surface area contributed by atoms with Crippen molar-refractivity contribution >= 4 is 17.7 Å². The smallest absolute Gasteiger partial charge is 0.410 e. The number of piperidine rings is 1. The summed E-state index contributed by atoms with van der Waals surface area (Å²) in [6, 6.07) is 1.73. The van der Waals surface area contributed by atoms with E-state index in [2.05, 4.69) is 15.1 Å². The van der Waals surface area contributed by atoms with Gasteiger partial charge < -0.3 is 19.1 Å². The van der Waals surface area contributed by atoms with Gasteiger partial charge in [0.2, 0.25) is 0 Å². The fourth-order valence-corrected chi connectivity index (χ4v) is 2.85. The molecule has 1 N–H and O–H groups in total. The number of nitrogens with zero attached hydrogens (tertiary/aromatic N) is 3. The molecule has 2 aromatic rings. The van der Waals surface area contributed by atoms with Crippen LogP contribution in [-0.2, 0) is 4.74 Å². The van der Waals surface area contributed by atoms with Crippen LogP contribution in [0.15, 0.2) is 16.8 Å². The number of hydrogen-bond acceptors (Lipinski definition) is 5. The van der Waals surface area contributed by atoms with Crippen LogP contribution >= 0.6 is 11.6 Å². The van der Waals surface area contributed by atoms with Crippen molar-refractivity contribution in [2.75, 3.05) is 13.1 Å². The van der Waals surface area contributed by atoms with Crippen molar-refractivity contribution in [3.8, 4) is 11.6 Å². The molecule has 0 aliphatic carbocycles. The third kappa shape index (κ3) is 3.90.